The van der Waals surface area contributed by atoms with Crippen LogP contribution in [0.25, 0.3) is 0 Å². The number of aliphatic carboxylic acids is 2. The van der Waals surface area contributed by atoms with Gasteiger partial charge in [0.15, 0.2) is 0 Å². The predicted octanol–water partition coefficient (Wildman–Crippen LogP) is 2.34. The molecule has 2 aliphatic heterocycles. The first-order valence-corrected chi connectivity index (χ1v) is 12.6. The highest BCUT2D eigenvalue weighted by Gasteiger charge is 2.30. The van der Waals surface area contributed by atoms with E-state index in [1.165, 1.54) is 13.8 Å². The molecule has 0 fully saturated rings. The Bertz CT molecular complexity index is 1170. The lowest BCUT2D eigenvalue weighted by Gasteiger charge is -2.29. The maximum Gasteiger partial charge on any atom is 0.304 e. The van der Waals surface area contributed by atoms with Gasteiger partial charge in [-0.15, -0.1) is 0 Å². The van der Waals surface area contributed by atoms with E-state index in [0.717, 1.165) is 0 Å². The Morgan fingerprint density at radius 3 is 1.40 bits per heavy atom. The van der Waals surface area contributed by atoms with Crippen LogP contribution in [0.4, 0.5) is 0 Å². The Balaban J connectivity index is 1.63. The van der Waals surface area contributed by atoms with Gasteiger partial charge in [-0.2, -0.15) is 0 Å². The number of carboxylic acids is 2. The molecule has 0 saturated heterocycles. The number of rotatable bonds is 8. The van der Waals surface area contributed by atoms with Crippen LogP contribution in [0.5, 0.6) is 0 Å². The van der Waals surface area contributed by atoms with E-state index in [0.29, 0.717) is 11.1 Å². The van der Waals surface area contributed by atoms with Gasteiger partial charge in [-0.25, -0.2) is 0 Å². The van der Waals surface area contributed by atoms with Gasteiger partial charge >= 0.3 is 23.9 Å². The largest absolute Gasteiger partial charge is 0.481 e. The fourth-order valence-electron chi connectivity index (χ4n) is 4.04. The molecule has 0 bridgehead atoms. The summed E-state index contributed by atoms with van der Waals surface area (Å²) in [5.41, 5.74) is 1.41. The van der Waals surface area contributed by atoms with Gasteiger partial charge in [0.2, 0.25) is 0 Å². The topological polar surface area (TPSA) is 146 Å². The summed E-state index contributed by atoms with van der Waals surface area (Å²) < 4.78 is 21.8. The molecule has 10 nitrogen and oxygen atoms in total. The first kappa shape index (κ1) is 30.2. The summed E-state index contributed by atoms with van der Waals surface area (Å²) in [4.78, 5) is 44.6. The van der Waals surface area contributed by atoms with Gasteiger partial charge in [0.1, 0.15) is 37.6 Å². The Morgan fingerprint density at radius 2 is 1.07 bits per heavy atom. The normalized spacial score (nSPS) is 24.9. The van der Waals surface area contributed by atoms with Crippen LogP contribution in [-0.2, 0) is 38.1 Å². The van der Waals surface area contributed by atoms with Gasteiger partial charge < -0.3 is 29.2 Å². The minimum absolute atomic E-state index is 0.0617. The molecule has 1 aromatic carbocycles. The molecule has 3 rings (SSSR count). The van der Waals surface area contributed by atoms with Gasteiger partial charge in [0, 0.05) is 36.8 Å². The van der Waals surface area contributed by atoms with Crippen molar-refractivity contribution in [3.8, 4) is 23.7 Å². The third-order valence-electron chi connectivity index (χ3n) is 5.99. The van der Waals surface area contributed by atoms with Crippen molar-refractivity contribution in [1.82, 2.24) is 0 Å². The molecule has 40 heavy (non-hydrogen) atoms. The maximum absolute atomic E-state index is 11.2. The van der Waals surface area contributed by atoms with Crippen LogP contribution in [0.15, 0.2) is 48.6 Å². The van der Waals surface area contributed by atoms with E-state index in [2.05, 4.69) is 23.7 Å². The molecule has 0 amide bonds. The zero-order valence-corrected chi connectivity index (χ0v) is 22.1. The smallest absolute Gasteiger partial charge is 0.304 e. The molecule has 2 heterocycles. The SMILES string of the molecule is CC(=O)OC[C@@H]1O[C@H](C#Cc2ccc(C#C[C@@H]3C=C[C@H](CC(=O)O)[C@H](COC(C)=O)O3)cc2)C=C[C@@H]1CC(=O)O. The summed E-state index contributed by atoms with van der Waals surface area (Å²) in [6.07, 6.45) is 4.12. The minimum atomic E-state index is -0.978. The predicted molar refractivity (Wildman–Crippen MR) is 141 cm³/mol. The van der Waals surface area contributed by atoms with Crippen LogP contribution in [-0.4, -0.2) is 71.7 Å². The fourth-order valence-corrected chi connectivity index (χ4v) is 4.04. The molecule has 6 atom stereocenters. The number of hydrogen-bond acceptors (Lipinski definition) is 8. The molecule has 2 N–H and O–H groups in total. The monoisotopic (exact) mass is 550 g/mol. The lowest BCUT2D eigenvalue weighted by atomic mass is 9.95. The highest BCUT2D eigenvalue weighted by atomic mass is 16.6. The second-order valence-electron chi connectivity index (χ2n) is 9.20. The molecular formula is C30H30O10. The Hall–Kier alpha value is -4.38. The minimum Gasteiger partial charge on any atom is -0.481 e. The second-order valence-corrected chi connectivity index (χ2v) is 9.20. The van der Waals surface area contributed by atoms with Crippen molar-refractivity contribution in [2.24, 2.45) is 11.8 Å². The van der Waals surface area contributed by atoms with Crippen molar-refractivity contribution in [2.75, 3.05) is 13.2 Å². The van der Waals surface area contributed by atoms with E-state index >= 15 is 0 Å². The molecule has 210 valence electrons. The molecule has 10 heteroatoms. The van der Waals surface area contributed by atoms with Gasteiger partial charge in [-0.1, -0.05) is 35.8 Å². The second kappa shape index (κ2) is 14.7. The van der Waals surface area contributed by atoms with Crippen molar-refractivity contribution in [3.05, 3.63) is 59.7 Å². The molecular weight excluding hydrogens is 520 g/mol. The molecule has 0 unspecified atom stereocenters. The molecule has 0 radical (unpaired) electrons. The highest BCUT2D eigenvalue weighted by molar-refractivity contribution is 5.68. The number of hydrogen-bond donors (Lipinski definition) is 2. The summed E-state index contributed by atoms with van der Waals surface area (Å²) in [5.74, 6) is 8.22. The Labute approximate surface area is 231 Å². The standard InChI is InChI=1S/C30H30O10/c1-19(31)37-17-27-23(15-29(33)34)9-13-25(39-27)11-7-21-3-5-22(6-4-21)8-12-26-14-10-24(16-30(35)36)28(40-26)18-38-20(2)32/h3-6,9-10,13-14,23-28H,15-18H2,1-2H3,(H,33,34)(H,35,36)/t23-,24-,25-,26-,27+,28+/m1/s1. The number of carbonyl (C=O) groups excluding carboxylic acids is 2. The summed E-state index contributed by atoms with van der Waals surface area (Å²) in [7, 11) is 0. The van der Waals surface area contributed by atoms with E-state index in [9.17, 15) is 19.2 Å². The van der Waals surface area contributed by atoms with Crippen LogP contribution in [0.1, 0.15) is 37.8 Å². The van der Waals surface area contributed by atoms with E-state index < -0.39 is 60.1 Å². The van der Waals surface area contributed by atoms with Crippen molar-refractivity contribution >= 4 is 23.9 Å². The molecule has 0 saturated carbocycles. The van der Waals surface area contributed by atoms with Crippen LogP contribution in [0, 0.1) is 35.5 Å². The van der Waals surface area contributed by atoms with Gasteiger partial charge in [0.25, 0.3) is 0 Å². The summed E-state index contributed by atoms with van der Waals surface area (Å²) in [6.45, 7) is 2.42. The van der Waals surface area contributed by atoms with Crippen molar-refractivity contribution < 1.29 is 48.3 Å². The lowest BCUT2D eigenvalue weighted by Crippen LogP contribution is -2.36. The van der Waals surface area contributed by atoms with Gasteiger partial charge in [0.05, 0.1) is 12.8 Å². The number of esters is 2. The zero-order chi connectivity index (χ0) is 29.1. The molecule has 0 aromatic heterocycles. The Kier molecular flexibility index (Phi) is 11.1. The molecule has 1 aromatic rings. The van der Waals surface area contributed by atoms with Crippen molar-refractivity contribution in [1.29, 1.82) is 0 Å². The van der Waals surface area contributed by atoms with E-state index in [1.54, 1.807) is 48.6 Å². The van der Waals surface area contributed by atoms with E-state index in [1.807, 2.05) is 0 Å². The molecule has 0 aliphatic carbocycles. The molecule has 0 spiro atoms. The van der Waals surface area contributed by atoms with E-state index in [4.69, 9.17) is 29.2 Å². The summed E-state index contributed by atoms with van der Waals surface area (Å²) in [5, 5.41) is 18.2. The van der Waals surface area contributed by atoms with Gasteiger partial charge in [-0.3, -0.25) is 19.2 Å². The number of ether oxygens (including phenoxy) is 4. The number of benzene rings is 1. The average Bonchev–Trinajstić information content (AvgIpc) is 2.90. The maximum atomic E-state index is 11.2. The summed E-state index contributed by atoms with van der Waals surface area (Å²) >= 11 is 0. The Morgan fingerprint density at radius 1 is 0.700 bits per heavy atom. The fraction of sp³-hybridized carbons (Fsp3) is 0.400. The first-order chi connectivity index (χ1) is 19.1. The van der Waals surface area contributed by atoms with E-state index in [-0.39, 0.29) is 26.1 Å². The highest BCUT2D eigenvalue weighted by Crippen LogP contribution is 2.24. The van der Waals surface area contributed by atoms with Crippen LogP contribution in [0.3, 0.4) is 0 Å². The van der Waals surface area contributed by atoms with Crippen LogP contribution in [0.2, 0.25) is 0 Å². The number of carbonyl (C=O) groups is 4. The van der Waals surface area contributed by atoms with Crippen molar-refractivity contribution in [2.45, 2.75) is 51.1 Å². The number of carboxylic acid groups (broad SMARTS) is 2. The lowest BCUT2D eigenvalue weighted by molar-refractivity contribution is -0.150. The summed E-state index contributed by atoms with van der Waals surface area (Å²) in [6, 6.07) is 7.16. The third kappa shape index (κ3) is 10.1. The average molecular weight is 551 g/mol. The van der Waals surface area contributed by atoms with Crippen LogP contribution >= 0.6 is 0 Å². The molecule has 2 aliphatic rings. The van der Waals surface area contributed by atoms with Crippen molar-refractivity contribution in [3.63, 3.8) is 0 Å². The third-order valence-corrected chi connectivity index (χ3v) is 5.99. The zero-order valence-electron chi connectivity index (χ0n) is 22.1. The van der Waals surface area contributed by atoms with Gasteiger partial charge in [-0.05, 0) is 36.4 Å². The quantitative estimate of drug-likeness (QED) is 0.281. The first-order valence-electron chi connectivity index (χ1n) is 12.6. The van der Waals surface area contributed by atoms with Crippen LogP contribution < -0.4 is 0 Å².